The molecule has 1 fully saturated rings. The van der Waals surface area contributed by atoms with Gasteiger partial charge in [0.05, 0.1) is 12.2 Å². The number of piperazine rings is 1. The molecule has 0 N–H and O–H groups in total. The van der Waals surface area contributed by atoms with Crippen LogP contribution in [0, 0.1) is 31.3 Å². The molecule has 0 aliphatic carbocycles. The van der Waals surface area contributed by atoms with Gasteiger partial charge in [0.2, 0.25) is 0 Å². The molecule has 3 aromatic rings. The van der Waals surface area contributed by atoms with E-state index in [-0.39, 0.29) is 43.8 Å². The number of hydrazone groups is 1. The molecule has 2 aliphatic heterocycles. The van der Waals surface area contributed by atoms with Crippen molar-refractivity contribution >= 4 is 18.1 Å². The predicted octanol–water partition coefficient (Wildman–Crippen LogP) is 2.77. The largest absolute Gasteiger partial charge is 0.351 e. The fourth-order valence-corrected chi connectivity index (χ4v) is 4.28. The second-order valence-corrected chi connectivity index (χ2v) is 8.30. The Hall–Kier alpha value is -4.03. The molecule has 13 heteroatoms. The molecule has 182 valence electrons. The maximum absolute atomic E-state index is 14.7. The number of amides is 2. The zero-order valence-corrected chi connectivity index (χ0v) is 19.1. The maximum Gasteiger partial charge on any atom is 0.341 e. The molecule has 1 saturated heterocycles. The summed E-state index contributed by atoms with van der Waals surface area (Å²) in [5, 5.41) is 9.63. The molecular weight excluding hydrogens is 463 g/mol. The lowest BCUT2D eigenvalue weighted by molar-refractivity contribution is 0.139. The molecular formula is C22H22F3N9O. The average molecular weight is 485 g/mol. The van der Waals surface area contributed by atoms with Gasteiger partial charge < -0.3 is 9.80 Å². The fourth-order valence-electron chi connectivity index (χ4n) is 4.28. The third kappa shape index (κ3) is 4.29. The molecule has 0 saturated carbocycles. The number of rotatable bonds is 3. The lowest BCUT2D eigenvalue weighted by Crippen LogP contribution is -2.52. The van der Waals surface area contributed by atoms with Crippen LogP contribution in [0.4, 0.5) is 23.8 Å². The van der Waals surface area contributed by atoms with Crippen LogP contribution in [0.25, 0.3) is 5.82 Å². The van der Waals surface area contributed by atoms with Crippen LogP contribution in [0.15, 0.2) is 29.6 Å². The minimum atomic E-state index is -0.849. The molecule has 0 aromatic carbocycles. The second-order valence-electron chi connectivity index (χ2n) is 8.30. The minimum absolute atomic E-state index is 0.0241. The maximum atomic E-state index is 14.7. The lowest BCUT2D eigenvalue weighted by atomic mass is 10.1. The topological polar surface area (TPSA) is 95.6 Å². The summed E-state index contributed by atoms with van der Waals surface area (Å²) in [4.78, 5) is 28.6. The standard InChI is InChI=1S/C22H22F3N9O/c1-13-28-14(2)33(30-13)21-18(25)10-17(24)20(29-21)31-5-7-32(8-6-31)22(35)34-19(3-4-27-34)15-9-16(23)12-26-11-15/h4,9-12,19H,3,5-8H2,1-2H3/t19-/m0/s1. The first kappa shape index (κ1) is 22.7. The smallest absolute Gasteiger partial charge is 0.341 e. The van der Waals surface area contributed by atoms with E-state index in [0.29, 0.717) is 23.6 Å². The highest BCUT2D eigenvalue weighted by Crippen LogP contribution is 2.30. The van der Waals surface area contributed by atoms with E-state index in [1.54, 1.807) is 29.9 Å². The first-order valence-corrected chi connectivity index (χ1v) is 11.0. The highest BCUT2D eigenvalue weighted by atomic mass is 19.1. The second kappa shape index (κ2) is 8.96. The summed E-state index contributed by atoms with van der Waals surface area (Å²) < 4.78 is 44.1. The average Bonchev–Trinajstić information content (AvgIpc) is 3.45. The highest BCUT2D eigenvalue weighted by molar-refractivity contribution is 5.78. The predicted molar refractivity (Wildman–Crippen MR) is 120 cm³/mol. The molecule has 0 spiro atoms. The number of aromatic nitrogens is 5. The Bertz CT molecular complexity index is 1300. The van der Waals surface area contributed by atoms with Gasteiger partial charge >= 0.3 is 6.03 Å². The number of carbonyl (C=O) groups is 1. The summed E-state index contributed by atoms with van der Waals surface area (Å²) in [6.07, 6.45) is 4.67. The zero-order valence-electron chi connectivity index (χ0n) is 19.1. The molecule has 0 bridgehead atoms. The van der Waals surface area contributed by atoms with Crippen molar-refractivity contribution in [3.63, 3.8) is 0 Å². The van der Waals surface area contributed by atoms with Crippen LogP contribution in [0.5, 0.6) is 0 Å². The summed E-state index contributed by atoms with van der Waals surface area (Å²) in [6, 6.07) is 1.33. The third-order valence-corrected chi connectivity index (χ3v) is 5.95. The van der Waals surface area contributed by atoms with E-state index >= 15 is 0 Å². The van der Waals surface area contributed by atoms with Gasteiger partial charge in [-0.15, -0.1) is 5.10 Å². The van der Waals surface area contributed by atoms with Crippen molar-refractivity contribution in [2.24, 2.45) is 5.10 Å². The lowest BCUT2D eigenvalue weighted by Gasteiger charge is -2.37. The van der Waals surface area contributed by atoms with E-state index in [1.165, 1.54) is 22.0 Å². The Labute approximate surface area is 198 Å². The van der Waals surface area contributed by atoms with Gasteiger partial charge in [-0.1, -0.05) is 0 Å². The number of hydrogen-bond acceptors (Lipinski definition) is 7. The van der Waals surface area contributed by atoms with Crippen LogP contribution in [0.3, 0.4) is 0 Å². The molecule has 5 rings (SSSR count). The number of urea groups is 1. The Morgan fingerprint density at radius 3 is 2.40 bits per heavy atom. The number of carbonyl (C=O) groups excluding carboxylic acids is 1. The Morgan fingerprint density at radius 1 is 0.971 bits per heavy atom. The number of anilines is 1. The van der Waals surface area contributed by atoms with E-state index in [1.807, 2.05) is 0 Å². The normalized spacial score (nSPS) is 18.0. The molecule has 10 nitrogen and oxygen atoms in total. The van der Waals surface area contributed by atoms with Crippen LogP contribution < -0.4 is 4.90 Å². The van der Waals surface area contributed by atoms with E-state index in [2.05, 4.69) is 25.2 Å². The van der Waals surface area contributed by atoms with Crippen molar-refractivity contribution in [2.45, 2.75) is 26.3 Å². The van der Waals surface area contributed by atoms with Crippen LogP contribution in [0.1, 0.15) is 29.7 Å². The molecule has 2 amide bonds. The van der Waals surface area contributed by atoms with Crippen LogP contribution in [0.2, 0.25) is 0 Å². The van der Waals surface area contributed by atoms with E-state index in [9.17, 15) is 18.0 Å². The van der Waals surface area contributed by atoms with Crippen molar-refractivity contribution in [2.75, 3.05) is 31.1 Å². The highest BCUT2D eigenvalue weighted by Gasteiger charge is 2.34. The Balaban J connectivity index is 1.31. The van der Waals surface area contributed by atoms with Crippen molar-refractivity contribution in [3.05, 3.63) is 59.2 Å². The van der Waals surface area contributed by atoms with Gasteiger partial charge in [0, 0.05) is 51.1 Å². The molecule has 35 heavy (non-hydrogen) atoms. The fraction of sp³-hybridized carbons (Fsp3) is 0.364. The quantitative estimate of drug-likeness (QED) is 0.566. The van der Waals surface area contributed by atoms with E-state index < -0.39 is 23.5 Å². The Kier molecular flexibility index (Phi) is 5.83. The molecule has 5 heterocycles. The van der Waals surface area contributed by atoms with Crippen molar-refractivity contribution in [1.29, 1.82) is 0 Å². The summed E-state index contributed by atoms with van der Waals surface area (Å²) in [6.45, 7) is 4.42. The number of halogens is 3. The van der Waals surface area contributed by atoms with Gasteiger partial charge in [0.1, 0.15) is 17.5 Å². The van der Waals surface area contributed by atoms with Crippen molar-refractivity contribution in [1.82, 2.24) is 34.6 Å². The molecule has 1 atom stereocenters. The first-order chi connectivity index (χ1) is 16.8. The molecule has 0 radical (unpaired) electrons. The van der Waals surface area contributed by atoms with Crippen LogP contribution in [-0.4, -0.2) is 73.1 Å². The third-order valence-electron chi connectivity index (χ3n) is 5.95. The number of hydrogen-bond donors (Lipinski definition) is 0. The van der Waals surface area contributed by atoms with Gasteiger partial charge in [-0.3, -0.25) is 4.98 Å². The number of nitrogens with zero attached hydrogens (tertiary/aromatic N) is 9. The molecule has 0 unspecified atom stereocenters. The number of pyridine rings is 2. The first-order valence-electron chi connectivity index (χ1n) is 11.0. The Morgan fingerprint density at radius 2 is 1.71 bits per heavy atom. The van der Waals surface area contributed by atoms with Crippen LogP contribution >= 0.6 is 0 Å². The van der Waals surface area contributed by atoms with Gasteiger partial charge in [0.15, 0.2) is 23.3 Å². The number of aryl methyl sites for hydroxylation is 2. The monoisotopic (exact) mass is 485 g/mol. The SMILES string of the molecule is Cc1nc(C)n(-c2nc(N3CCN(C(=O)N4N=CC[C@H]4c4cncc(F)c4)CC3)c(F)cc2F)n1. The van der Waals surface area contributed by atoms with Gasteiger partial charge in [-0.05, 0) is 25.5 Å². The summed E-state index contributed by atoms with van der Waals surface area (Å²) in [5.74, 6) is -1.43. The summed E-state index contributed by atoms with van der Waals surface area (Å²) in [5.41, 5.74) is 0.554. The molecule has 3 aromatic heterocycles. The summed E-state index contributed by atoms with van der Waals surface area (Å²) >= 11 is 0. The van der Waals surface area contributed by atoms with Crippen LogP contribution in [-0.2, 0) is 0 Å². The van der Waals surface area contributed by atoms with Crippen molar-refractivity contribution < 1.29 is 18.0 Å². The van der Waals surface area contributed by atoms with Gasteiger partial charge in [-0.2, -0.15) is 9.78 Å². The van der Waals surface area contributed by atoms with E-state index in [0.717, 1.165) is 12.3 Å². The van der Waals surface area contributed by atoms with E-state index in [4.69, 9.17) is 0 Å². The zero-order chi connectivity index (χ0) is 24.7. The summed E-state index contributed by atoms with van der Waals surface area (Å²) in [7, 11) is 0. The van der Waals surface area contributed by atoms with Gasteiger partial charge in [0.25, 0.3) is 0 Å². The minimum Gasteiger partial charge on any atom is -0.351 e. The molecule has 2 aliphatic rings. The van der Waals surface area contributed by atoms with Crippen molar-refractivity contribution in [3.8, 4) is 5.82 Å². The van der Waals surface area contributed by atoms with Gasteiger partial charge in [-0.25, -0.2) is 32.9 Å².